The van der Waals surface area contributed by atoms with Crippen molar-refractivity contribution in [3.05, 3.63) is 28.2 Å². The molecule has 1 heterocycles. The molecule has 19 heavy (non-hydrogen) atoms. The van der Waals surface area contributed by atoms with Crippen LogP contribution in [0.4, 0.5) is 0 Å². The van der Waals surface area contributed by atoms with Crippen LogP contribution in [0.2, 0.25) is 10.0 Å². The average Bonchev–Trinajstić information content (AvgIpc) is 2.89. The van der Waals surface area contributed by atoms with Gasteiger partial charge in [0.25, 0.3) is 0 Å². The molecule has 1 fully saturated rings. The number of hydrogen-bond donors (Lipinski definition) is 2. The first-order chi connectivity index (χ1) is 9.16. The Labute approximate surface area is 127 Å². The maximum Gasteiger partial charge on any atom is 0.156 e. The number of benzene rings is 1. The van der Waals surface area contributed by atoms with Gasteiger partial charge in [0.2, 0.25) is 0 Å². The number of aliphatic hydroxyl groups excluding tert-OH is 1. The van der Waals surface area contributed by atoms with Gasteiger partial charge in [-0.1, -0.05) is 29.3 Å². The standard InChI is InChI=1S/C13H17Cl2NO2S/c14-11-2-1-3-12(15)13(11)18-7-10(17)6-16-9-4-5-19-8-9/h1-3,9-10,16-17H,4-8H2. The van der Waals surface area contributed by atoms with Gasteiger partial charge in [-0.05, 0) is 24.3 Å². The Hall–Kier alpha value is -0.130. The molecule has 0 saturated carbocycles. The summed E-state index contributed by atoms with van der Waals surface area (Å²) in [7, 11) is 0. The summed E-state index contributed by atoms with van der Waals surface area (Å²) in [5, 5.41) is 14.1. The van der Waals surface area contributed by atoms with Crippen LogP contribution in [0.15, 0.2) is 18.2 Å². The second-order valence-electron chi connectivity index (χ2n) is 4.48. The second kappa shape index (κ2) is 7.60. The Morgan fingerprint density at radius 1 is 1.42 bits per heavy atom. The highest BCUT2D eigenvalue weighted by atomic mass is 35.5. The van der Waals surface area contributed by atoms with E-state index in [1.165, 1.54) is 5.75 Å². The van der Waals surface area contributed by atoms with Crippen molar-refractivity contribution in [1.29, 1.82) is 0 Å². The van der Waals surface area contributed by atoms with Crippen molar-refractivity contribution in [2.45, 2.75) is 18.6 Å². The van der Waals surface area contributed by atoms with Crippen LogP contribution in [-0.2, 0) is 0 Å². The first kappa shape index (κ1) is 15.3. The number of halogens is 2. The van der Waals surface area contributed by atoms with Gasteiger partial charge in [-0.3, -0.25) is 0 Å². The first-order valence-corrected chi connectivity index (χ1v) is 8.14. The van der Waals surface area contributed by atoms with Crippen LogP contribution in [0.3, 0.4) is 0 Å². The molecule has 1 aromatic rings. The number of hydrogen-bond acceptors (Lipinski definition) is 4. The molecule has 6 heteroatoms. The topological polar surface area (TPSA) is 41.5 Å². The van der Waals surface area contributed by atoms with E-state index in [0.29, 0.717) is 28.4 Å². The van der Waals surface area contributed by atoms with E-state index in [0.717, 1.165) is 12.2 Å². The first-order valence-electron chi connectivity index (χ1n) is 6.23. The van der Waals surface area contributed by atoms with Gasteiger partial charge in [0, 0.05) is 18.3 Å². The molecule has 1 aliphatic heterocycles. The van der Waals surface area contributed by atoms with Gasteiger partial charge >= 0.3 is 0 Å². The summed E-state index contributed by atoms with van der Waals surface area (Å²) in [5.74, 6) is 2.74. The molecular weight excluding hydrogens is 305 g/mol. The van der Waals surface area contributed by atoms with Crippen LogP contribution < -0.4 is 10.1 Å². The zero-order valence-corrected chi connectivity index (χ0v) is 12.8. The fraction of sp³-hybridized carbons (Fsp3) is 0.538. The molecular formula is C13H17Cl2NO2S. The van der Waals surface area contributed by atoms with Crippen molar-refractivity contribution in [2.75, 3.05) is 24.7 Å². The fourth-order valence-electron chi connectivity index (χ4n) is 1.86. The minimum atomic E-state index is -0.571. The summed E-state index contributed by atoms with van der Waals surface area (Å²) >= 11 is 13.9. The normalized spacial score (nSPS) is 20.5. The Morgan fingerprint density at radius 3 is 2.79 bits per heavy atom. The molecule has 0 aromatic heterocycles. The maximum absolute atomic E-state index is 9.87. The molecule has 0 bridgehead atoms. The Morgan fingerprint density at radius 2 is 2.16 bits per heavy atom. The molecule has 0 spiro atoms. The maximum atomic E-state index is 9.87. The third-order valence-corrected chi connectivity index (χ3v) is 4.67. The van der Waals surface area contributed by atoms with Crippen molar-refractivity contribution >= 4 is 35.0 Å². The van der Waals surface area contributed by atoms with E-state index >= 15 is 0 Å². The lowest BCUT2D eigenvalue weighted by molar-refractivity contribution is 0.104. The number of nitrogens with one attached hydrogen (secondary N) is 1. The van der Waals surface area contributed by atoms with Crippen molar-refractivity contribution in [3.63, 3.8) is 0 Å². The number of thioether (sulfide) groups is 1. The van der Waals surface area contributed by atoms with Crippen molar-refractivity contribution in [3.8, 4) is 5.75 Å². The van der Waals surface area contributed by atoms with Gasteiger partial charge < -0.3 is 15.2 Å². The minimum absolute atomic E-state index is 0.177. The largest absolute Gasteiger partial charge is 0.488 e. The highest BCUT2D eigenvalue weighted by molar-refractivity contribution is 7.99. The number of ether oxygens (including phenoxy) is 1. The summed E-state index contributed by atoms with van der Waals surface area (Å²) in [4.78, 5) is 0. The molecule has 2 N–H and O–H groups in total. The van der Waals surface area contributed by atoms with Crippen molar-refractivity contribution in [2.24, 2.45) is 0 Å². The predicted molar refractivity (Wildman–Crippen MR) is 81.7 cm³/mol. The van der Waals surface area contributed by atoms with Crippen molar-refractivity contribution < 1.29 is 9.84 Å². The van der Waals surface area contributed by atoms with E-state index in [1.807, 2.05) is 11.8 Å². The highest BCUT2D eigenvalue weighted by Gasteiger charge is 2.16. The lowest BCUT2D eigenvalue weighted by Gasteiger charge is -2.17. The molecule has 1 aromatic carbocycles. The number of para-hydroxylation sites is 1. The van der Waals surface area contributed by atoms with Gasteiger partial charge in [-0.15, -0.1) is 0 Å². The molecule has 1 aliphatic rings. The number of aliphatic hydroxyl groups is 1. The average molecular weight is 322 g/mol. The third-order valence-electron chi connectivity index (χ3n) is 2.91. The van der Waals surface area contributed by atoms with E-state index < -0.39 is 6.10 Å². The molecule has 2 unspecified atom stereocenters. The summed E-state index contributed by atoms with van der Waals surface area (Å²) < 4.78 is 5.49. The lowest BCUT2D eigenvalue weighted by atomic mass is 10.2. The summed E-state index contributed by atoms with van der Waals surface area (Å²) in [5.41, 5.74) is 0. The minimum Gasteiger partial charge on any atom is -0.488 e. The van der Waals surface area contributed by atoms with Crippen molar-refractivity contribution in [1.82, 2.24) is 5.32 Å². The van der Waals surface area contributed by atoms with Gasteiger partial charge in [0.15, 0.2) is 5.75 Å². The van der Waals surface area contributed by atoms with E-state index in [2.05, 4.69) is 5.32 Å². The van der Waals surface area contributed by atoms with Crippen LogP contribution in [0.25, 0.3) is 0 Å². The molecule has 2 rings (SSSR count). The molecule has 1 saturated heterocycles. The summed E-state index contributed by atoms with van der Waals surface area (Å²) in [6.45, 7) is 0.698. The quantitative estimate of drug-likeness (QED) is 0.845. The highest BCUT2D eigenvalue weighted by Crippen LogP contribution is 2.32. The van der Waals surface area contributed by atoms with E-state index in [-0.39, 0.29) is 6.61 Å². The Bertz CT molecular complexity index is 393. The fourth-order valence-corrected chi connectivity index (χ4v) is 3.55. The summed E-state index contributed by atoms with van der Waals surface area (Å²) in [6.07, 6.45) is 0.590. The molecule has 106 valence electrons. The van der Waals surface area contributed by atoms with Gasteiger partial charge in [-0.2, -0.15) is 11.8 Å². The lowest BCUT2D eigenvalue weighted by Crippen LogP contribution is -2.38. The van der Waals surface area contributed by atoms with Crippen LogP contribution in [0, 0.1) is 0 Å². The summed E-state index contributed by atoms with van der Waals surface area (Å²) in [6, 6.07) is 5.68. The van der Waals surface area contributed by atoms with E-state index in [4.69, 9.17) is 27.9 Å². The SMILES string of the molecule is OC(CNC1CCSC1)COc1c(Cl)cccc1Cl. The predicted octanol–water partition coefficient (Wildman–Crippen LogP) is 2.83. The zero-order chi connectivity index (χ0) is 13.7. The van der Waals surface area contributed by atoms with Gasteiger partial charge in [0.05, 0.1) is 10.0 Å². The van der Waals surface area contributed by atoms with E-state index in [1.54, 1.807) is 18.2 Å². The molecule has 0 aliphatic carbocycles. The molecule has 0 amide bonds. The molecule has 0 radical (unpaired) electrons. The van der Waals surface area contributed by atoms with Gasteiger partial charge in [0.1, 0.15) is 12.7 Å². The smallest absolute Gasteiger partial charge is 0.156 e. The Balaban J connectivity index is 1.75. The van der Waals surface area contributed by atoms with Crippen LogP contribution in [-0.4, -0.2) is 41.9 Å². The van der Waals surface area contributed by atoms with Crippen LogP contribution in [0.5, 0.6) is 5.75 Å². The van der Waals surface area contributed by atoms with Crippen LogP contribution >= 0.6 is 35.0 Å². The van der Waals surface area contributed by atoms with Gasteiger partial charge in [-0.25, -0.2) is 0 Å². The Kier molecular flexibility index (Phi) is 6.10. The molecule has 3 nitrogen and oxygen atoms in total. The second-order valence-corrected chi connectivity index (χ2v) is 6.45. The third kappa shape index (κ3) is 4.72. The van der Waals surface area contributed by atoms with E-state index in [9.17, 15) is 5.11 Å². The monoisotopic (exact) mass is 321 g/mol. The zero-order valence-electron chi connectivity index (χ0n) is 10.4. The molecule has 2 atom stereocenters. The number of rotatable bonds is 6. The van der Waals surface area contributed by atoms with Crippen LogP contribution in [0.1, 0.15) is 6.42 Å².